The lowest BCUT2D eigenvalue weighted by Gasteiger charge is -2.60. The molecule has 0 heteroatoms. The number of benzene rings is 4. The maximum atomic E-state index is 2.39. The van der Waals surface area contributed by atoms with E-state index in [1.165, 1.54) is 69.3 Å². The van der Waals surface area contributed by atoms with Crippen LogP contribution in [0.1, 0.15) is 47.9 Å². The Kier molecular flexibility index (Phi) is 2.98. The highest BCUT2D eigenvalue weighted by Crippen LogP contribution is 2.64. The summed E-state index contributed by atoms with van der Waals surface area (Å²) in [5, 5.41) is 8.93. The van der Waals surface area contributed by atoms with Gasteiger partial charge in [0.2, 0.25) is 0 Å². The highest BCUT2D eigenvalue weighted by atomic mass is 14.6. The molecule has 0 spiro atoms. The van der Waals surface area contributed by atoms with E-state index in [-0.39, 0.29) is 0 Å². The fourth-order valence-corrected chi connectivity index (χ4v) is 6.49. The molecule has 4 aromatic rings. The van der Waals surface area contributed by atoms with E-state index in [0.717, 1.165) is 5.92 Å². The average molecular weight is 351 g/mol. The Hall–Kier alpha value is -2.34. The van der Waals surface area contributed by atoms with Gasteiger partial charge in [0.05, 0.1) is 0 Å². The molecule has 0 radical (unpaired) electrons. The molecular weight excluding hydrogens is 324 g/mol. The molecule has 0 aliphatic heterocycles. The Morgan fingerprint density at radius 2 is 1.07 bits per heavy atom. The van der Waals surface area contributed by atoms with Crippen molar-refractivity contribution >= 4 is 32.3 Å². The number of hydrogen-bond acceptors (Lipinski definition) is 0. The van der Waals surface area contributed by atoms with Gasteiger partial charge in [0.15, 0.2) is 0 Å². The van der Waals surface area contributed by atoms with Crippen molar-refractivity contribution in [3.8, 4) is 0 Å². The summed E-state index contributed by atoms with van der Waals surface area (Å²) in [7, 11) is 0. The molecule has 0 unspecified atom stereocenters. The van der Waals surface area contributed by atoms with E-state index < -0.39 is 0 Å². The van der Waals surface area contributed by atoms with Gasteiger partial charge in [-0.05, 0) is 112 Å². The second-order valence-electron chi connectivity index (χ2n) is 9.02. The van der Waals surface area contributed by atoms with Crippen molar-refractivity contribution in [2.45, 2.75) is 51.9 Å². The van der Waals surface area contributed by atoms with Crippen LogP contribution in [0.3, 0.4) is 0 Å². The molecule has 4 aromatic carbocycles. The van der Waals surface area contributed by atoms with Gasteiger partial charge >= 0.3 is 0 Å². The van der Waals surface area contributed by atoms with Crippen LogP contribution in [0.5, 0.6) is 0 Å². The van der Waals surface area contributed by atoms with Gasteiger partial charge in [0, 0.05) is 0 Å². The second-order valence-corrected chi connectivity index (χ2v) is 9.02. The van der Waals surface area contributed by atoms with Gasteiger partial charge in [-0.1, -0.05) is 48.5 Å². The summed E-state index contributed by atoms with van der Waals surface area (Å²) in [4.78, 5) is 0. The van der Waals surface area contributed by atoms with Gasteiger partial charge in [0.1, 0.15) is 0 Å². The molecular formula is C27H26. The summed E-state index contributed by atoms with van der Waals surface area (Å²) in [6.07, 6.45) is 5.61. The third-order valence-electron chi connectivity index (χ3n) is 8.12. The van der Waals surface area contributed by atoms with Crippen molar-refractivity contribution in [2.24, 2.45) is 5.92 Å². The van der Waals surface area contributed by atoms with Crippen LogP contribution in [0.2, 0.25) is 0 Å². The topological polar surface area (TPSA) is 0 Å². The van der Waals surface area contributed by atoms with Gasteiger partial charge in [-0.2, -0.15) is 0 Å². The summed E-state index contributed by atoms with van der Waals surface area (Å²) in [6.45, 7) is 7.05. The molecule has 0 amide bonds. The van der Waals surface area contributed by atoms with Crippen molar-refractivity contribution < 1.29 is 0 Å². The zero-order valence-electron chi connectivity index (χ0n) is 16.5. The smallest absolute Gasteiger partial charge is 0.000612 e. The third kappa shape index (κ3) is 1.75. The highest BCUT2D eigenvalue weighted by molar-refractivity contribution is 6.15. The van der Waals surface area contributed by atoms with Crippen LogP contribution in [-0.4, -0.2) is 0 Å². The number of hydrogen-bond donors (Lipinski definition) is 0. The SMILES string of the molecule is Cc1c2ccccc2c(C)c2c(C34CCC3CC4)c3ccccc3c(C)c12. The fourth-order valence-electron chi connectivity index (χ4n) is 6.49. The lowest BCUT2D eigenvalue weighted by Crippen LogP contribution is -2.52. The normalized spacial score (nSPS) is 24.0. The Bertz CT molecular complexity index is 1240. The number of fused-ring (bicyclic) bond motifs is 4. The largest absolute Gasteiger partial charge is 0.0616 e. The number of aryl methyl sites for hydroxylation is 3. The molecule has 0 aromatic heterocycles. The predicted octanol–water partition coefficient (Wildman–Crippen LogP) is 7.51. The van der Waals surface area contributed by atoms with Crippen LogP contribution >= 0.6 is 0 Å². The Balaban J connectivity index is 1.93. The molecule has 27 heavy (non-hydrogen) atoms. The van der Waals surface area contributed by atoms with Crippen molar-refractivity contribution in [2.75, 3.05) is 0 Å². The van der Waals surface area contributed by atoms with Crippen molar-refractivity contribution in [1.29, 1.82) is 0 Å². The maximum Gasteiger partial charge on any atom is -0.000612 e. The second kappa shape index (κ2) is 5.13. The standard InChI is InChI=1S/C27H26/c1-16-20-8-4-5-9-21(20)18(3)25-24(16)17(2)22-10-6-7-11-23(22)26(25)27-14-12-19(27)13-15-27/h4-11,19H,12-15H2,1-3H3. The van der Waals surface area contributed by atoms with E-state index in [9.17, 15) is 0 Å². The molecule has 0 atom stereocenters. The van der Waals surface area contributed by atoms with E-state index in [1.807, 2.05) is 0 Å². The molecule has 6 rings (SSSR count). The van der Waals surface area contributed by atoms with Crippen LogP contribution in [0, 0.1) is 26.7 Å². The van der Waals surface area contributed by atoms with E-state index in [2.05, 4.69) is 69.3 Å². The van der Waals surface area contributed by atoms with Gasteiger partial charge in [-0.25, -0.2) is 0 Å². The van der Waals surface area contributed by atoms with Crippen molar-refractivity contribution in [3.63, 3.8) is 0 Å². The van der Waals surface area contributed by atoms with Crippen LogP contribution in [0.15, 0.2) is 48.5 Å². The van der Waals surface area contributed by atoms with Crippen LogP contribution in [0.4, 0.5) is 0 Å². The average Bonchev–Trinajstić information content (AvgIpc) is 2.69. The van der Waals surface area contributed by atoms with E-state index in [4.69, 9.17) is 0 Å². The minimum atomic E-state index is 0.450. The summed E-state index contributed by atoms with van der Waals surface area (Å²) in [6, 6.07) is 18.2. The van der Waals surface area contributed by atoms with E-state index >= 15 is 0 Å². The van der Waals surface area contributed by atoms with Crippen LogP contribution in [0.25, 0.3) is 32.3 Å². The highest BCUT2D eigenvalue weighted by Gasteiger charge is 2.55. The molecule has 2 aliphatic carbocycles. The monoisotopic (exact) mass is 350 g/mol. The zero-order valence-corrected chi connectivity index (χ0v) is 16.5. The Morgan fingerprint density at radius 1 is 0.630 bits per heavy atom. The van der Waals surface area contributed by atoms with Gasteiger partial charge < -0.3 is 0 Å². The first kappa shape index (κ1) is 15.7. The van der Waals surface area contributed by atoms with Gasteiger partial charge in [-0.3, -0.25) is 0 Å². The Labute approximate surface area is 161 Å². The van der Waals surface area contributed by atoms with Crippen molar-refractivity contribution in [1.82, 2.24) is 0 Å². The Morgan fingerprint density at radius 3 is 1.52 bits per heavy atom. The molecule has 2 aliphatic rings. The lowest BCUT2D eigenvalue weighted by molar-refractivity contribution is 0.00846. The first-order valence-corrected chi connectivity index (χ1v) is 10.5. The molecule has 0 nitrogen and oxygen atoms in total. The van der Waals surface area contributed by atoms with Gasteiger partial charge in [-0.15, -0.1) is 0 Å². The summed E-state index contributed by atoms with van der Waals surface area (Å²) >= 11 is 0. The molecule has 2 fully saturated rings. The first-order valence-electron chi connectivity index (χ1n) is 10.5. The predicted molar refractivity (Wildman–Crippen MR) is 117 cm³/mol. The zero-order chi connectivity index (χ0) is 18.3. The molecule has 2 saturated carbocycles. The lowest BCUT2D eigenvalue weighted by atomic mass is 9.44. The number of rotatable bonds is 1. The first-order chi connectivity index (χ1) is 13.1. The summed E-state index contributed by atoms with van der Waals surface area (Å²) < 4.78 is 0. The minimum absolute atomic E-state index is 0.450. The van der Waals surface area contributed by atoms with Crippen LogP contribution in [-0.2, 0) is 5.41 Å². The summed E-state index contributed by atoms with van der Waals surface area (Å²) in [5.74, 6) is 0.915. The molecule has 134 valence electrons. The minimum Gasteiger partial charge on any atom is -0.0616 e. The summed E-state index contributed by atoms with van der Waals surface area (Å²) in [5.41, 5.74) is 6.55. The molecule has 0 heterocycles. The molecule has 0 N–H and O–H groups in total. The quantitative estimate of drug-likeness (QED) is 0.311. The van der Waals surface area contributed by atoms with Gasteiger partial charge in [0.25, 0.3) is 0 Å². The van der Waals surface area contributed by atoms with Crippen molar-refractivity contribution in [3.05, 3.63) is 70.8 Å². The fraction of sp³-hybridized carbons (Fsp3) is 0.333. The van der Waals surface area contributed by atoms with E-state index in [1.54, 1.807) is 10.9 Å². The molecule has 0 bridgehead atoms. The third-order valence-corrected chi connectivity index (χ3v) is 8.12. The van der Waals surface area contributed by atoms with Crippen LogP contribution < -0.4 is 0 Å². The molecule has 0 saturated heterocycles. The maximum absolute atomic E-state index is 2.39. The van der Waals surface area contributed by atoms with E-state index in [0.29, 0.717) is 5.41 Å².